The molecule has 0 radical (unpaired) electrons. The van der Waals surface area contributed by atoms with Crippen molar-refractivity contribution in [3.63, 3.8) is 0 Å². The number of nitrogens with one attached hydrogen (secondary N) is 1. The maximum Gasteiger partial charge on any atom is 0.338 e. The molecule has 18 nitrogen and oxygen atoms in total. The molecule has 0 amide bonds. The zero-order valence-electron chi connectivity index (χ0n) is 25.5. The number of nitrogens with zero attached hydrogens (tertiary/aromatic N) is 9. The first-order chi connectivity index (χ1) is 22.1. The number of ether oxygens (including phenoxy) is 2. The average molecular weight is 822 g/mol. The predicted octanol–water partition coefficient (Wildman–Crippen LogP) is 4.35. The van der Waals surface area contributed by atoms with Crippen LogP contribution in [0.25, 0.3) is 0 Å². The van der Waals surface area contributed by atoms with E-state index in [-0.39, 0.29) is 84.4 Å². The van der Waals surface area contributed by atoms with Crippen molar-refractivity contribution in [3.05, 3.63) is 71.8 Å². The Bertz CT molecular complexity index is 1350. The summed E-state index contributed by atoms with van der Waals surface area (Å²) in [5.41, 5.74) is 0.218. The van der Waals surface area contributed by atoms with Crippen molar-refractivity contribution in [2.75, 3.05) is 47.4 Å². The van der Waals surface area contributed by atoms with Crippen molar-refractivity contribution in [2.24, 2.45) is 21.8 Å². The Kier molecular flexibility index (Phi) is 40.4. The van der Waals surface area contributed by atoms with Gasteiger partial charge in [0.2, 0.25) is 0 Å². The summed E-state index contributed by atoms with van der Waals surface area (Å²) in [4.78, 5) is 73.4. The van der Waals surface area contributed by atoms with Gasteiger partial charge in [-0.3, -0.25) is 19.6 Å². The monoisotopic (exact) mass is 820 g/mol. The number of rotatable bonds is 4. The molecule has 0 aromatic carbocycles. The molecule has 3 N–H and O–H groups in total. The molecule has 294 valence electrons. The minimum absolute atomic E-state index is 0. The molecular weight excluding hydrogens is 768 g/mol. The number of aromatic carboxylic acids is 2. The summed E-state index contributed by atoms with van der Waals surface area (Å²) < 4.78 is 10.0. The van der Waals surface area contributed by atoms with Gasteiger partial charge in [0.15, 0.2) is 0 Å². The molecule has 0 saturated heterocycles. The molecule has 52 heavy (non-hydrogen) atoms. The van der Waals surface area contributed by atoms with E-state index in [1.807, 2.05) is 11.9 Å². The number of methoxy groups -OCH3 is 2. The molecule has 0 aliphatic carbocycles. The van der Waals surface area contributed by atoms with Crippen LogP contribution in [0.5, 0.6) is 0 Å². The molecule has 2 unspecified atom stereocenters. The summed E-state index contributed by atoms with van der Waals surface area (Å²) in [6.07, 6.45) is 15.8. The summed E-state index contributed by atoms with van der Waals surface area (Å²) in [5.74, 6) is -2.56. The number of carbonyl (C=O) groups excluding carboxylic acids is 2. The van der Waals surface area contributed by atoms with Gasteiger partial charge in [-0.15, -0.1) is 12.4 Å². The van der Waals surface area contributed by atoms with Gasteiger partial charge in [0.25, 0.3) is 0 Å². The summed E-state index contributed by atoms with van der Waals surface area (Å²) in [6, 6.07) is 0. The first-order valence-corrected chi connectivity index (χ1v) is 13.8. The molecule has 0 fully saturated rings. The maximum absolute atomic E-state index is 11.0. The number of aromatic nitrogens is 6. The van der Waals surface area contributed by atoms with Crippen molar-refractivity contribution >= 4 is 64.9 Å². The lowest BCUT2D eigenvalue weighted by molar-refractivity contribution is -0.146. The van der Waals surface area contributed by atoms with Crippen LogP contribution in [0.15, 0.2) is 70.6 Å². The normalized spacial score (nSPS) is 13.7. The number of carboxylic acids is 2. The highest BCUT2D eigenvalue weighted by Gasteiger charge is 2.22. The van der Waals surface area contributed by atoms with E-state index in [4.69, 9.17) is 10.2 Å². The van der Waals surface area contributed by atoms with Crippen molar-refractivity contribution in [2.45, 2.75) is 37.1 Å². The van der Waals surface area contributed by atoms with E-state index >= 15 is 0 Å². The number of esters is 2. The van der Waals surface area contributed by atoms with E-state index in [1.165, 1.54) is 58.0 Å². The number of carboxylic acid groups (broad SMARTS) is 2. The standard InChI is InChI=1S/C7H12N2O2.C6H10N2O2.2C5H4N2O2.C4H3BrN2.5CH4.ClH/c1-9-4-6(3-8-5-9)7(10)11-2;1-10-6(9)5-2-7-4-8-3-5;2*8-5(9)4-1-6-3-7-2-4;5-4-1-6-3-7-2-4;;;;;;/h5-6H,3-4H2,1-2H3;4-5H,2-3H2,1H3,(H,7,8);2*1-3H,(H,8,9);1-3H;5*1H4;1H. The molecule has 3 aromatic heterocycles. The topological polar surface area (TPSA) is 245 Å². The molecule has 3 aromatic rings. The second-order valence-electron chi connectivity index (χ2n) is 8.68. The zero-order valence-corrected chi connectivity index (χ0v) is 27.9. The number of halogens is 2. The Morgan fingerprint density at radius 1 is 0.712 bits per heavy atom. The van der Waals surface area contributed by atoms with Gasteiger partial charge in [-0.05, 0) is 15.9 Å². The Labute approximate surface area is 321 Å². The third-order valence-electron chi connectivity index (χ3n) is 5.20. The predicted molar refractivity (Wildman–Crippen MR) is 207 cm³/mol. The third kappa shape index (κ3) is 26.7. The SMILES string of the molecule is Brc1cncnc1.C.C.C.C.C.COC(=O)C1CN=CN(C)C1.COC(=O)C1CN=CNC1.Cl.O=C(O)c1cncnc1.O=C(O)c1cncnc1. The van der Waals surface area contributed by atoms with Crippen molar-refractivity contribution in [1.29, 1.82) is 0 Å². The van der Waals surface area contributed by atoms with Gasteiger partial charge < -0.3 is 29.9 Å². The first-order valence-electron chi connectivity index (χ1n) is 13.0. The summed E-state index contributed by atoms with van der Waals surface area (Å²) in [7, 11) is 4.68. The zero-order chi connectivity index (χ0) is 34.2. The highest BCUT2D eigenvalue weighted by Crippen LogP contribution is 2.05. The Morgan fingerprint density at radius 3 is 1.38 bits per heavy atom. The smallest absolute Gasteiger partial charge is 0.338 e. The Hall–Kier alpha value is -5.17. The minimum Gasteiger partial charge on any atom is -0.478 e. The van der Waals surface area contributed by atoms with E-state index in [2.05, 4.69) is 70.6 Å². The van der Waals surface area contributed by atoms with Gasteiger partial charge in [-0.1, -0.05) is 37.1 Å². The van der Waals surface area contributed by atoms with Crippen molar-refractivity contribution in [1.82, 2.24) is 40.1 Å². The molecule has 5 heterocycles. The first kappa shape index (κ1) is 59.0. The number of aliphatic imine (C=N–C) groups is 2. The summed E-state index contributed by atoms with van der Waals surface area (Å²) >= 11 is 3.19. The summed E-state index contributed by atoms with van der Waals surface area (Å²) in [6.45, 7) is 2.43. The van der Waals surface area contributed by atoms with Crippen LogP contribution in [-0.2, 0) is 19.1 Å². The fraction of sp³-hybridized carbons (Fsp3) is 0.438. The molecular formula is C32H54BrClN10O8. The highest BCUT2D eigenvalue weighted by atomic mass is 79.9. The van der Waals surface area contributed by atoms with Crippen LogP contribution in [-0.4, -0.2) is 129 Å². The molecule has 2 atom stereocenters. The highest BCUT2D eigenvalue weighted by molar-refractivity contribution is 9.10. The molecule has 20 heteroatoms. The van der Waals surface area contributed by atoms with Gasteiger partial charge in [0.05, 0.1) is 67.4 Å². The lowest BCUT2D eigenvalue weighted by Crippen LogP contribution is -2.35. The molecule has 2 aliphatic rings. The maximum atomic E-state index is 11.0. The van der Waals surface area contributed by atoms with E-state index in [0.29, 0.717) is 26.2 Å². The average Bonchev–Trinajstić information content (AvgIpc) is 3.10. The van der Waals surface area contributed by atoms with Crippen LogP contribution in [0.2, 0.25) is 0 Å². The minimum atomic E-state index is -1.00. The quantitative estimate of drug-likeness (QED) is 0.310. The number of carbonyl (C=O) groups is 4. The van der Waals surface area contributed by atoms with Crippen LogP contribution in [0.1, 0.15) is 57.8 Å². The van der Waals surface area contributed by atoms with E-state index in [1.54, 1.807) is 25.1 Å². The Morgan fingerprint density at radius 2 is 1.10 bits per heavy atom. The molecule has 5 rings (SSSR count). The van der Waals surface area contributed by atoms with Crippen molar-refractivity contribution in [3.8, 4) is 0 Å². The number of hydrogen-bond donors (Lipinski definition) is 3. The van der Waals surface area contributed by atoms with Crippen LogP contribution in [0.4, 0.5) is 0 Å². The number of hydrogen-bond acceptors (Lipinski definition) is 16. The second-order valence-corrected chi connectivity index (χ2v) is 9.60. The van der Waals surface area contributed by atoms with Gasteiger partial charge in [0, 0.05) is 57.3 Å². The van der Waals surface area contributed by atoms with Crippen LogP contribution < -0.4 is 5.32 Å². The van der Waals surface area contributed by atoms with Crippen molar-refractivity contribution < 1.29 is 38.9 Å². The Balaban J connectivity index is -0.000000124. The largest absolute Gasteiger partial charge is 0.478 e. The van der Waals surface area contributed by atoms with Gasteiger partial charge in [-0.25, -0.2) is 39.5 Å². The van der Waals surface area contributed by atoms with Gasteiger partial charge >= 0.3 is 23.9 Å². The summed E-state index contributed by atoms with van der Waals surface area (Å²) in [5, 5.41) is 19.5. The molecule has 0 spiro atoms. The van der Waals surface area contributed by atoms with E-state index in [9.17, 15) is 19.2 Å². The molecule has 0 saturated carbocycles. The van der Waals surface area contributed by atoms with Gasteiger partial charge in [-0.2, -0.15) is 0 Å². The van der Waals surface area contributed by atoms with Gasteiger partial charge in [0.1, 0.15) is 19.0 Å². The second kappa shape index (κ2) is 35.6. The lowest BCUT2D eigenvalue weighted by atomic mass is 10.1. The van der Waals surface area contributed by atoms with E-state index in [0.717, 1.165) is 4.47 Å². The molecule has 2 aliphatic heterocycles. The fourth-order valence-corrected chi connectivity index (χ4v) is 3.25. The van der Waals surface area contributed by atoms with Crippen LogP contribution >= 0.6 is 28.3 Å². The third-order valence-corrected chi connectivity index (χ3v) is 5.61. The lowest BCUT2D eigenvalue weighted by Gasteiger charge is -2.23. The van der Waals surface area contributed by atoms with E-state index < -0.39 is 11.9 Å². The fourth-order valence-electron chi connectivity index (χ4n) is 3.01. The molecule has 0 bridgehead atoms. The van der Waals surface area contributed by atoms with Crippen LogP contribution in [0.3, 0.4) is 0 Å². The van der Waals surface area contributed by atoms with Crippen LogP contribution in [0, 0.1) is 11.8 Å².